The summed E-state index contributed by atoms with van der Waals surface area (Å²) in [5.41, 5.74) is 5.02. The number of primary amides is 1. The minimum atomic E-state index is -0.974. The highest BCUT2D eigenvalue weighted by Crippen LogP contribution is 2.32. The first-order valence-electron chi connectivity index (χ1n) is 7.60. The van der Waals surface area contributed by atoms with Gasteiger partial charge in [0.05, 0.1) is 5.92 Å². The van der Waals surface area contributed by atoms with Crippen LogP contribution in [0, 0.1) is 6.92 Å². The fraction of sp³-hybridized carbons (Fsp3) is 0.167. The molecule has 1 aromatic carbocycles. The molecular weight excluding hydrogens is 324 g/mol. The van der Waals surface area contributed by atoms with E-state index in [2.05, 4.69) is 4.98 Å². The molecule has 0 unspecified atom stereocenters. The fourth-order valence-electron chi connectivity index (χ4n) is 2.83. The molecule has 4 N–H and O–H groups in total. The molecule has 3 aromatic rings. The Morgan fingerprint density at radius 1 is 1.28 bits per heavy atom. The third-order valence-electron chi connectivity index (χ3n) is 3.95. The number of H-pyrrole nitrogens is 1. The minimum absolute atomic E-state index is 0.149. The SMILES string of the molecule is Cc1cc(=O)c(O)c([C@H](CC(N)=O)c2cc3ccccc3[nH]c2=O)o1. The maximum Gasteiger partial charge on any atom is 0.252 e. The van der Waals surface area contributed by atoms with Gasteiger partial charge in [-0.2, -0.15) is 0 Å². The Hall–Kier alpha value is -3.35. The van der Waals surface area contributed by atoms with Gasteiger partial charge >= 0.3 is 0 Å². The van der Waals surface area contributed by atoms with E-state index >= 15 is 0 Å². The number of amides is 1. The lowest BCUT2D eigenvalue weighted by molar-refractivity contribution is -0.118. The Kier molecular flexibility index (Phi) is 4.14. The maximum atomic E-state index is 12.5. The Morgan fingerprint density at radius 3 is 2.72 bits per heavy atom. The van der Waals surface area contributed by atoms with E-state index in [1.165, 1.54) is 6.92 Å². The van der Waals surface area contributed by atoms with Crippen LogP contribution in [0.4, 0.5) is 0 Å². The summed E-state index contributed by atoms with van der Waals surface area (Å²) < 4.78 is 5.46. The highest BCUT2D eigenvalue weighted by atomic mass is 16.4. The molecule has 0 saturated heterocycles. The van der Waals surface area contributed by atoms with Gasteiger partial charge in [0.1, 0.15) is 5.76 Å². The molecule has 0 saturated carbocycles. The Balaban J connectivity index is 2.28. The quantitative estimate of drug-likeness (QED) is 0.663. The van der Waals surface area contributed by atoms with Gasteiger partial charge in [0.15, 0.2) is 5.76 Å². The van der Waals surface area contributed by atoms with Crippen molar-refractivity contribution < 1.29 is 14.3 Å². The van der Waals surface area contributed by atoms with Crippen molar-refractivity contribution >= 4 is 16.8 Å². The number of rotatable bonds is 4. The highest BCUT2D eigenvalue weighted by Gasteiger charge is 2.27. The highest BCUT2D eigenvalue weighted by molar-refractivity contribution is 5.80. The van der Waals surface area contributed by atoms with Gasteiger partial charge in [-0.25, -0.2) is 0 Å². The van der Waals surface area contributed by atoms with Gasteiger partial charge in [-0.05, 0) is 24.4 Å². The summed E-state index contributed by atoms with van der Waals surface area (Å²) in [4.78, 5) is 38.6. The third kappa shape index (κ3) is 3.16. The number of para-hydroxylation sites is 1. The average molecular weight is 340 g/mol. The van der Waals surface area contributed by atoms with Crippen LogP contribution in [0.2, 0.25) is 0 Å². The number of nitrogens with two attached hydrogens (primary N) is 1. The lowest BCUT2D eigenvalue weighted by atomic mass is 9.92. The molecule has 7 nitrogen and oxygen atoms in total. The Labute approximate surface area is 141 Å². The van der Waals surface area contributed by atoms with Crippen LogP contribution in [0.25, 0.3) is 10.9 Å². The minimum Gasteiger partial charge on any atom is -0.502 e. The molecular formula is C18H16N2O5. The lowest BCUT2D eigenvalue weighted by Crippen LogP contribution is -2.23. The van der Waals surface area contributed by atoms with Gasteiger partial charge < -0.3 is 20.2 Å². The topological polar surface area (TPSA) is 126 Å². The van der Waals surface area contributed by atoms with E-state index in [1.54, 1.807) is 30.3 Å². The van der Waals surface area contributed by atoms with Crippen molar-refractivity contribution in [2.24, 2.45) is 5.73 Å². The lowest BCUT2D eigenvalue weighted by Gasteiger charge is -2.16. The number of aromatic hydroxyl groups is 1. The molecule has 0 bridgehead atoms. The van der Waals surface area contributed by atoms with E-state index in [9.17, 15) is 19.5 Å². The number of carbonyl (C=O) groups excluding carboxylic acids is 1. The van der Waals surface area contributed by atoms with Crippen molar-refractivity contribution in [1.29, 1.82) is 0 Å². The van der Waals surface area contributed by atoms with E-state index in [0.29, 0.717) is 5.52 Å². The standard InChI is InChI=1S/C18H16N2O5/c1-9-6-14(21)16(23)17(25-9)11(8-15(19)22)12-7-10-4-2-3-5-13(10)20-18(12)24/h2-7,11,23H,8H2,1H3,(H2,19,22)(H,20,24)/t11-/m1/s1. The van der Waals surface area contributed by atoms with E-state index in [1.807, 2.05) is 0 Å². The zero-order valence-corrected chi connectivity index (χ0v) is 13.4. The number of nitrogens with one attached hydrogen (secondary N) is 1. The summed E-state index contributed by atoms with van der Waals surface area (Å²) in [7, 11) is 0. The van der Waals surface area contributed by atoms with Gasteiger partial charge in [0.2, 0.25) is 17.1 Å². The summed E-state index contributed by atoms with van der Waals surface area (Å²) in [5, 5.41) is 10.8. The van der Waals surface area contributed by atoms with Crippen LogP contribution in [0.1, 0.15) is 29.4 Å². The molecule has 0 fully saturated rings. The molecule has 1 atom stereocenters. The first kappa shape index (κ1) is 16.5. The van der Waals surface area contributed by atoms with Crippen LogP contribution < -0.4 is 16.7 Å². The molecule has 3 rings (SSSR count). The smallest absolute Gasteiger partial charge is 0.252 e. The van der Waals surface area contributed by atoms with Crippen LogP contribution in [-0.2, 0) is 4.79 Å². The van der Waals surface area contributed by atoms with Crippen LogP contribution in [0.3, 0.4) is 0 Å². The fourth-order valence-corrected chi connectivity index (χ4v) is 2.83. The van der Waals surface area contributed by atoms with Crippen molar-refractivity contribution in [3.05, 3.63) is 74.1 Å². The molecule has 1 amide bonds. The second-order valence-corrected chi connectivity index (χ2v) is 5.80. The third-order valence-corrected chi connectivity index (χ3v) is 3.95. The number of pyridine rings is 1. The zero-order chi connectivity index (χ0) is 18.1. The number of carbonyl (C=O) groups is 1. The molecule has 7 heteroatoms. The number of hydrogen-bond donors (Lipinski definition) is 3. The monoisotopic (exact) mass is 340 g/mol. The zero-order valence-electron chi connectivity index (χ0n) is 13.4. The van der Waals surface area contributed by atoms with Gasteiger partial charge in [0, 0.05) is 23.6 Å². The molecule has 0 aliphatic heterocycles. The van der Waals surface area contributed by atoms with E-state index in [4.69, 9.17) is 10.2 Å². The number of aryl methyl sites for hydroxylation is 1. The molecule has 0 aliphatic rings. The number of aromatic amines is 1. The number of fused-ring (bicyclic) bond motifs is 1. The predicted octanol–water partition coefficient (Wildman–Crippen LogP) is 1.50. The molecule has 0 spiro atoms. The molecule has 2 heterocycles. The van der Waals surface area contributed by atoms with Gasteiger partial charge in [-0.1, -0.05) is 18.2 Å². The molecule has 0 aliphatic carbocycles. The predicted molar refractivity (Wildman–Crippen MR) is 91.6 cm³/mol. The summed E-state index contributed by atoms with van der Waals surface area (Å²) in [6, 6.07) is 9.85. The van der Waals surface area contributed by atoms with Crippen LogP contribution >= 0.6 is 0 Å². The van der Waals surface area contributed by atoms with Crippen LogP contribution in [0.5, 0.6) is 5.75 Å². The largest absolute Gasteiger partial charge is 0.502 e. The van der Waals surface area contributed by atoms with Gasteiger partial charge in [-0.15, -0.1) is 0 Å². The molecule has 25 heavy (non-hydrogen) atoms. The van der Waals surface area contributed by atoms with E-state index in [-0.39, 0.29) is 23.5 Å². The first-order valence-corrected chi connectivity index (χ1v) is 7.60. The second kappa shape index (κ2) is 6.27. The Bertz CT molecular complexity index is 1080. The van der Waals surface area contributed by atoms with E-state index in [0.717, 1.165) is 11.5 Å². The van der Waals surface area contributed by atoms with Crippen molar-refractivity contribution in [2.45, 2.75) is 19.3 Å². The summed E-state index contributed by atoms with van der Waals surface area (Å²) in [5.74, 6) is -2.20. The number of hydrogen-bond acceptors (Lipinski definition) is 5. The van der Waals surface area contributed by atoms with Crippen molar-refractivity contribution in [3.8, 4) is 5.75 Å². The Morgan fingerprint density at radius 2 is 2.00 bits per heavy atom. The van der Waals surface area contributed by atoms with Crippen LogP contribution in [-0.4, -0.2) is 16.0 Å². The first-order chi connectivity index (χ1) is 11.9. The summed E-state index contributed by atoms with van der Waals surface area (Å²) in [6.45, 7) is 1.54. The van der Waals surface area contributed by atoms with Gasteiger partial charge in [0.25, 0.3) is 5.56 Å². The second-order valence-electron chi connectivity index (χ2n) is 5.80. The van der Waals surface area contributed by atoms with E-state index < -0.39 is 28.6 Å². The summed E-state index contributed by atoms with van der Waals surface area (Å²) in [6.07, 6.45) is -0.290. The van der Waals surface area contributed by atoms with Crippen molar-refractivity contribution in [2.75, 3.05) is 0 Å². The number of benzene rings is 1. The van der Waals surface area contributed by atoms with Crippen molar-refractivity contribution in [3.63, 3.8) is 0 Å². The maximum absolute atomic E-state index is 12.5. The summed E-state index contributed by atoms with van der Waals surface area (Å²) >= 11 is 0. The van der Waals surface area contributed by atoms with Crippen LogP contribution in [0.15, 0.2) is 50.4 Å². The van der Waals surface area contributed by atoms with Gasteiger partial charge in [-0.3, -0.25) is 14.4 Å². The molecule has 2 aromatic heterocycles. The molecule has 0 radical (unpaired) electrons. The normalized spacial score (nSPS) is 12.2. The molecule has 128 valence electrons. The van der Waals surface area contributed by atoms with Crippen molar-refractivity contribution in [1.82, 2.24) is 4.98 Å². The average Bonchev–Trinajstić information content (AvgIpc) is 2.55. The number of aromatic nitrogens is 1.